The van der Waals surface area contributed by atoms with Gasteiger partial charge in [-0.2, -0.15) is 0 Å². The molecule has 0 bridgehead atoms. The maximum atomic E-state index is 5.65. The molecule has 0 heterocycles. The minimum atomic E-state index is 0.242. The maximum absolute atomic E-state index is 5.65. The molecule has 1 saturated carbocycles. The maximum Gasteiger partial charge on any atom is 0.0986 e. The van der Waals surface area contributed by atoms with E-state index in [2.05, 4.69) is 19.2 Å². The standard InChI is InChI=1S/C14H29NO2/c1-5-8-11(9-6-2)15-12-10-13(17-7-3)14(12)16-4/h11-15H,5-10H2,1-4H3. The van der Waals surface area contributed by atoms with Crippen molar-refractivity contribution in [3.8, 4) is 0 Å². The Hall–Kier alpha value is -0.120. The molecule has 1 aliphatic carbocycles. The van der Waals surface area contributed by atoms with Gasteiger partial charge >= 0.3 is 0 Å². The molecular formula is C14H29NO2. The van der Waals surface area contributed by atoms with E-state index in [-0.39, 0.29) is 6.10 Å². The van der Waals surface area contributed by atoms with E-state index in [1.54, 1.807) is 7.11 Å². The van der Waals surface area contributed by atoms with Crippen LogP contribution in [0, 0.1) is 0 Å². The monoisotopic (exact) mass is 243 g/mol. The fraction of sp³-hybridized carbons (Fsp3) is 1.00. The van der Waals surface area contributed by atoms with Gasteiger partial charge in [0.05, 0.1) is 12.2 Å². The number of hydrogen-bond acceptors (Lipinski definition) is 3. The van der Waals surface area contributed by atoms with Crippen molar-refractivity contribution in [3.63, 3.8) is 0 Å². The van der Waals surface area contributed by atoms with Crippen molar-refractivity contribution in [2.75, 3.05) is 13.7 Å². The molecule has 0 radical (unpaired) electrons. The molecule has 3 nitrogen and oxygen atoms in total. The number of hydrogen-bond donors (Lipinski definition) is 1. The van der Waals surface area contributed by atoms with Gasteiger partial charge in [-0.05, 0) is 26.2 Å². The van der Waals surface area contributed by atoms with Crippen LogP contribution in [0.1, 0.15) is 52.9 Å². The molecule has 0 amide bonds. The number of ether oxygens (including phenoxy) is 2. The van der Waals surface area contributed by atoms with E-state index in [1.165, 1.54) is 25.7 Å². The van der Waals surface area contributed by atoms with Crippen molar-refractivity contribution in [1.29, 1.82) is 0 Å². The Kier molecular flexibility index (Phi) is 7.09. The van der Waals surface area contributed by atoms with Gasteiger partial charge in [-0.3, -0.25) is 0 Å². The van der Waals surface area contributed by atoms with Gasteiger partial charge in [-0.25, -0.2) is 0 Å². The van der Waals surface area contributed by atoms with E-state index in [0.29, 0.717) is 18.2 Å². The van der Waals surface area contributed by atoms with Gasteiger partial charge in [-0.15, -0.1) is 0 Å². The van der Waals surface area contributed by atoms with E-state index >= 15 is 0 Å². The van der Waals surface area contributed by atoms with E-state index in [0.717, 1.165) is 13.0 Å². The zero-order chi connectivity index (χ0) is 12.7. The van der Waals surface area contributed by atoms with Crippen LogP contribution < -0.4 is 5.32 Å². The minimum absolute atomic E-state index is 0.242. The first-order chi connectivity index (χ1) is 8.26. The summed E-state index contributed by atoms with van der Waals surface area (Å²) < 4.78 is 11.2. The molecule has 0 spiro atoms. The van der Waals surface area contributed by atoms with Crippen LogP contribution in [0.15, 0.2) is 0 Å². The molecule has 1 rings (SSSR count). The van der Waals surface area contributed by atoms with Gasteiger partial charge < -0.3 is 14.8 Å². The molecule has 0 aromatic rings. The van der Waals surface area contributed by atoms with Crippen LogP contribution in [0.25, 0.3) is 0 Å². The quantitative estimate of drug-likeness (QED) is 0.675. The van der Waals surface area contributed by atoms with Gasteiger partial charge in [0.25, 0.3) is 0 Å². The topological polar surface area (TPSA) is 30.5 Å². The molecule has 3 unspecified atom stereocenters. The molecule has 1 aliphatic rings. The van der Waals surface area contributed by atoms with Crippen LogP contribution in [0.5, 0.6) is 0 Å². The molecular weight excluding hydrogens is 214 g/mol. The Morgan fingerprint density at radius 3 is 2.29 bits per heavy atom. The summed E-state index contributed by atoms with van der Waals surface area (Å²) in [5.74, 6) is 0. The smallest absolute Gasteiger partial charge is 0.0986 e. The van der Waals surface area contributed by atoms with Crippen molar-refractivity contribution >= 4 is 0 Å². The molecule has 0 aliphatic heterocycles. The van der Waals surface area contributed by atoms with Crippen LogP contribution in [-0.4, -0.2) is 38.0 Å². The fourth-order valence-corrected chi connectivity index (χ4v) is 2.75. The molecule has 3 heteroatoms. The van der Waals surface area contributed by atoms with Gasteiger partial charge in [-0.1, -0.05) is 26.7 Å². The van der Waals surface area contributed by atoms with Crippen molar-refractivity contribution in [1.82, 2.24) is 5.32 Å². The van der Waals surface area contributed by atoms with Gasteiger partial charge in [0.1, 0.15) is 0 Å². The molecule has 0 saturated heterocycles. The Balaban J connectivity index is 2.35. The highest BCUT2D eigenvalue weighted by molar-refractivity contribution is 4.98. The summed E-state index contributed by atoms with van der Waals surface area (Å²) in [7, 11) is 1.79. The number of rotatable bonds is 9. The van der Waals surface area contributed by atoms with Crippen LogP contribution in [0.3, 0.4) is 0 Å². The zero-order valence-corrected chi connectivity index (χ0v) is 11.9. The molecule has 102 valence electrons. The zero-order valence-electron chi connectivity index (χ0n) is 11.9. The summed E-state index contributed by atoms with van der Waals surface area (Å²) in [6, 6.07) is 1.13. The highest BCUT2D eigenvalue weighted by Crippen LogP contribution is 2.28. The van der Waals surface area contributed by atoms with Crippen LogP contribution in [-0.2, 0) is 9.47 Å². The van der Waals surface area contributed by atoms with Crippen molar-refractivity contribution in [3.05, 3.63) is 0 Å². The SMILES string of the molecule is CCCC(CCC)NC1CC(OCC)C1OC. The first kappa shape index (κ1) is 14.9. The van der Waals surface area contributed by atoms with E-state index in [1.807, 2.05) is 6.92 Å². The lowest BCUT2D eigenvalue weighted by Crippen LogP contribution is -2.61. The first-order valence-corrected chi connectivity index (χ1v) is 7.17. The van der Waals surface area contributed by atoms with Crippen LogP contribution >= 0.6 is 0 Å². The van der Waals surface area contributed by atoms with Crippen LogP contribution in [0.2, 0.25) is 0 Å². The molecule has 3 atom stereocenters. The van der Waals surface area contributed by atoms with E-state index in [9.17, 15) is 0 Å². The summed E-state index contributed by atoms with van der Waals surface area (Å²) in [5, 5.41) is 3.74. The predicted octanol–water partition coefficient (Wildman–Crippen LogP) is 2.74. The Morgan fingerprint density at radius 2 is 1.82 bits per heavy atom. The van der Waals surface area contributed by atoms with Crippen LogP contribution in [0.4, 0.5) is 0 Å². The summed E-state index contributed by atoms with van der Waals surface area (Å²) in [6.07, 6.45) is 6.65. The number of methoxy groups -OCH3 is 1. The number of nitrogens with one attached hydrogen (secondary N) is 1. The molecule has 17 heavy (non-hydrogen) atoms. The first-order valence-electron chi connectivity index (χ1n) is 7.17. The second-order valence-electron chi connectivity index (χ2n) is 4.98. The lowest BCUT2D eigenvalue weighted by atomic mass is 9.84. The second-order valence-corrected chi connectivity index (χ2v) is 4.98. The van der Waals surface area contributed by atoms with Gasteiger partial charge in [0.2, 0.25) is 0 Å². The third kappa shape index (κ3) is 4.23. The van der Waals surface area contributed by atoms with Gasteiger partial charge in [0, 0.05) is 25.8 Å². The Bertz CT molecular complexity index is 193. The predicted molar refractivity (Wildman–Crippen MR) is 71.4 cm³/mol. The van der Waals surface area contributed by atoms with E-state index < -0.39 is 0 Å². The average molecular weight is 243 g/mol. The lowest BCUT2D eigenvalue weighted by Gasteiger charge is -2.45. The van der Waals surface area contributed by atoms with Crippen molar-refractivity contribution in [2.45, 2.75) is 77.2 Å². The molecule has 0 aromatic carbocycles. The summed E-state index contributed by atoms with van der Waals surface area (Å²) >= 11 is 0. The third-order valence-electron chi connectivity index (χ3n) is 3.63. The highest BCUT2D eigenvalue weighted by atomic mass is 16.5. The normalized spacial score (nSPS) is 28.4. The largest absolute Gasteiger partial charge is 0.377 e. The highest BCUT2D eigenvalue weighted by Gasteiger charge is 2.42. The second kappa shape index (κ2) is 8.06. The summed E-state index contributed by atoms with van der Waals surface area (Å²) in [6.45, 7) is 7.33. The third-order valence-corrected chi connectivity index (χ3v) is 3.63. The Morgan fingerprint density at radius 1 is 1.18 bits per heavy atom. The van der Waals surface area contributed by atoms with Gasteiger partial charge in [0.15, 0.2) is 0 Å². The summed E-state index contributed by atoms with van der Waals surface area (Å²) in [5.41, 5.74) is 0. The minimum Gasteiger partial charge on any atom is -0.377 e. The van der Waals surface area contributed by atoms with E-state index in [4.69, 9.17) is 9.47 Å². The Labute approximate surface area is 106 Å². The van der Waals surface area contributed by atoms with Crippen molar-refractivity contribution < 1.29 is 9.47 Å². The fourth-order valence-electron chi connectivity index (χ4n) is 2.75. The summed E-state index contributed by atoms with van der Waals surface area (Å²) in [4.78, 5) is 0. The molecule has 0 aromatic heterocycles. The molecule has 1 N–H and O–H groups in total. The lowest BCUT2D eigenvalue weighted by molar-refractivity contribution is -0.133. The molecule has 1 fully saturated rings. The van der Waals surface area contributed by atoms with Crippen molar-refractivity contribution in [2.24, 2.45) is 0 Å². The average Bonchev–Trinajstić information content (AvgIpc) is 2.28.